The first kappa shape index (κ1) is 55.2. The number of ether oxygens (including phenoxy) is 5. The van der Waals surface area contributed by atoms with Crippen LogP contribution in [-0.4, -0.2) is 95.1 Å². The number of carbonyl (C=O) groups excluding carboxylic acids is 8. The zero-order chi connectivity index (χ0) is 50.9. The van der Waals surface area contributed by atoms with E-state index in [0.29, 0.717) is 16.7 Å². The Kier molecular flexibility index (Phi) is 22.7. The van der Waals surface area contributed by atoms with Crippen LogP contribution in [0.5, 0.6) is 0 Å². The Hall–Kier alpha value is -7.41. The molecule has 0 saturated heterocycles. The molecule has 374 valence electrons. The molecule has 0 aromatic heterocycles. The van der Waals surface area contributed by atoms with Gasteiger partial charge in [-0.25, -0.2) is 24.0 Å². The molecule has 18 nitrogen and oxygen atoms in total. The third-order valence-corrected chi connectivity index (χ3v) is 10.9. The number of hydrogen-bond acceptors (Lipinski definition) is 14. The fourth-order valence-corrected chi connectivity index (χ4v) is 7.15. The highest BCUT2D eigenvalue weighted by atomic mass is 32.2. The van der Waals surface area contributed by atoms with Gasteiger partial charge in [-0.15, -0.1) is 0 Å². The lowest BCUT2D eigenvalue weighted by Crippen LogP contribution is -2.53. The molecule has 70 heavy (non-hydrogen) atoms. The molecule has 0 radical (unpaired) electrons. The Morgan fingerprint density at radius 3 is 1.36 bits per heavy atom. The van der Waals surface area contributed by atoms with Crippen molar-refractivity contribution in [2.75, 3.05) is 11.5 Å². The van der Waals surface area contributed by atoms with Gasteiger partial charge in [-0.1, -0.05) is 121 Å². The largest absolute Gasteiger partial charge is 0.459 e. The van der Waals surface area contributed by atoms with E-state index in [2.05, 4.69) is 26.6 Å². The second kappa shape index (κ2) is 28.8. The van der Waals surface area contributed by atoms with E-state index in [1.54, 1.807) is 124 Å². The van der Waals surface area contributed by atoms with E-state index < -0.39 is 90.0 Å². The van der Waals surface area contributed by atoms with Crippen molar-refractivity contribution in [1.29, 1.82) is 0 Å². The van der Waals surface area contributed by atoms with Crippen LogP contribution < -0.4 is 26.6 Å². The van der Waals surface area contributed by atoms with Gasteiger partial charge in [-0.05, 0) is 63.3 Å². The molecule has 0 aliphatic heterocycles. The first-order valence-electron chi connectivity index (χ1n) is 22.5. The average Bonchev–Trinajstić information content (AvgIpc) is 3.34. The Balaban J connectivity index is 1.48. The summed E-state index contributed by atoms with van der Waals surface area (Å²) in [6.45, 7) is 7.38. The molecule has 0 aliphatic carbocycles. The topological polar surface area (TPSA) is 243 Å². The summed E-state index contributed by atoms with van der Waals surface area (Å²) in [5.41, 5.74) is 1.94. The molecule has 5 N–H and O–H groups in total. The van der Waals surface area contributed by atoms with Crippen molar-refractivity contribution in [3.05, 3.63) is 144 Å². The van der Waals surface area contributed by atoms with Gasteiger partial charge in [-0.2, -0.15) is 11.8 Å². The van der Waals surface area contributed by atoms with Crippen molar-refractivity contribution in [3.8, 4) is 0 Å². The summed E-state index contributed by atoms with van der Waals surface area (Å²) in [4.78, 5) is 106. The molecular formula is C51H61N5O13S. The third-order valence-electron chi connectivity index (χ3n) is 9.78. The predicted octanol–water partition coefficient (Wildman–Crippen LogP) is 5.41. The Morgan fingerprint density at radius 1 is 0.457 bits per heavy atom. The van der Waals surface area contributed by atoms with Crippen molar-refractivity contribution in [2.45, 2.75) is 110 Å². The van der Waals surface area contributed by atoms with Gasteiger partial charge in [0.05, 0.1) is 0 Å². The van der Waals surface area contributed by atoms with Gasteiger partial charge in [0, 0.05) is 17.9 Å². The first-order valence-corrected chi connectivity index (χ1v) is 23.7. The number of thioether (sulfide) groups is 1. The second-order valence-corrected chi connectivity index (χ2v) is 18.0. The van der Waals surface area contributed by atoms with Gasteiger partial charge in [0.25, 0.3) is 0 Å². The van der Waals surface area contributed by atoms with Crippen LogP contribution in [-0.2, 0) is 78.9 Å². The van der Waals surface area contributed by atoms with E-state index in [9.17, 15) is 38.4 Å². The highest BCUT2D eigenvalue weighted by Crippen LogP contribution is 2.13. The van der Waals surface area contributed by atoms with Crippen molar-refractivity contribution in [2.24, 2.45) is 0 Å². The van der Waals surface area contributed by atoms with Crippen LogP contribution in [0.3, 0.4) is 0 Å². The van der Waals surface area contributed by atoms with Gasteiger partial charge in [0.2, 0.25) is 17.7 Å². The Labute approximate surface area is 411 Å². The fraction of sp³-hybridized carbons (Fsp3) is 0.373. The van der Waals surface area contributed by atoms with Crippen molar-refractivity contribution >= 4 is 59.6 Å². The molecule has 0 aliphatic rings. The molecule has 0 bridgehead atoms. The third kappa shape index (κ3) is 21.3. The molecule has 0 spiro atoms. The summed E-state index contributed by atoms with van der Waals surface area (Å²) in [6.07, 6.45) is -2.51. The molecule has 19 heteroatoms. The predicted molar refractivity (Wildman–Crippen MR) is 259 cm³/mol. The molecule has 4 rings (SSSR count). The zero-order valence-electron chi connectivity index (χ0n) is 39.8. The maximum atomic E-state index is 13.9. The maximum absolute atomic E-state index is 13.9. The fourth-order valence-electron chi connectivity index (χ4n) is 6.08. The van der Waals surface area contributed by atoms with Gasteiger partial charge in [0.15, 0.2) is 0 Å². The molecule has 0 unspecified atom stereocenters. The monoisotopic (exact) mass is 983 g/mol. The van der Waals surface area contributed by atoms with Crippen LogP contribution in [0, 0.1) is 0 Å². The quantitative estimate of drug-likeness (QED) is 0.0412. The number of alkyl carbamates (subject to hydrolysis) is 2. The van der Waals surface area contributed by atoms with Gasteiger partial charge in [0.1, 0.15) is 62.2 Å². The summed E-state index contributed by atoms with van der Waals surface area (Å²) in [6, 6.07) is 29.1. The zero-order valence-corrected chi connectivity index (χ0v) is 40.6. The smallest absolute Gasteiger partial charge is 0.408 e. The molecule has 5 atom stereocenters. The molecular weight excluding hydrogens is 923 g/mol. The number of hydrogen-bond donors (Lipinski definition) is 5. The number of esters is 3. The van der Waals surface area contributed by atoms with E-state index in [0.717, 1.165) is 17.3 Å². The molecule has 0 fully saturated rings. The van der Waals surface area contributed by atoms with Crippen molar-refractivity contribution < 1.29 is 62.0 Å². The summed E-state index contributed by atoms with van der Waals surface area (Å²) < 4.78 is 27.0. The minimum Gasteiger partial charge on any atom is -0.459 e. The van der Waals surface area contributed by atoms with E-state index in [1.165, 1.54) is 13.8 Å². The number of rotatable bonds is 25. The van der Waals surface area contributed by atoms with Crippen molar-refractivity contribution in [3.63, 3.8) is 0 Å². The van der Waals surface area contributed by atoms with E-state index in [1.807, 2.05) is 18.2 Å². The number of nitrogens with one attached hydrogen (secondary N) is 5. The van der Waals surface area contributed by atoms with Gasteiger partial charge in [-0.3, -0.25) is 14.4 Å². The highest BCUT2D eigenvalue weighted by Gasteiger charge is 2.31. The van der Waals surface area contributed by atoms with E-state index in [4.69, 9.17) is 23.7 Å². The first-order chi connectivity index (χ1) is 33.4. The standard InChI is InChI=1S/C51H61N5O13S/c1-34(53-50(64)69-51(3,4)5)44(58)55-40(47(61)66-29-37-20-12-7-13-21-37)26-27-43(57)54-41(45(59)52-35(2)46(60)65-28-36-18-10-6-11-19-36)32-70-33-42(48(62)67-30-38-22-14-8-15-23-38)56-49(63)68-31-39-24-16-9-17-25-39/h6-25,34-35,40-42H,26-33H2,1-5H3,(H,52,59)(H,53,64)(H,54,57)(H,55,58)(H,56,63)/t34-,35+,40+,41+,42-/m0/s1. The molecule has 0 saturated carbocycles. The Morgan fingerprint density at radius 2 is 0.886 bits per heavy atom. The van der Waals surface area contributed by atoms with Crippen LogP contribution in [0.15, 0.2) is 121 Å². The van der Waals surface area contributed by atoms with Crippen LogP contribution in [0.25, 0.3) is 0 Å². The van der Waals surface area contributed by atoms with Gasteiger partial charge < -0.3 is 50.3 Å². The lowest BCUT2D eigenvalue weighted by atomic mass is 10.1. The normalized spacial score (nSPS) is 13.0. The summed E-state index contributed by atoms with van der Waals surface area (Å²) in [5, 5.41) is 12.7. The van der Waals surface area contributed by atoms with Gasteiger partial charge >= 0.3 is 30.1 Å². The summed E-state index contributed by atoms with van der Waals surface area (Å²) in [7, 11) is 0. The molecule has 4 aromatic rings. The van der Waals surface area contributed by atoms with Crippen LogP contribution in [0.4, 0.5) is 9.59 Å². The maximum Gasteiger partial charge on any atom is 0.408 e. The summed E-state index contributed by atoms with van der Waals surface area (Å²) >= 11 is 1.00. The average molecular weight is 984 g/mol. The lowest BCUT2D eigenvalue weighted by molar-refractivity contribution is -0.149. The molecule has 5 amide bonds. The SMILES string of the molecule is C[C@H](NC(=O)OC(C)(C)C)C(=O)N[C@H](CCC(=O)N[C@H](CSC[C@H](NC(=O)OCc1ccccc1)C(=O)OCc1ccccc1)C(=O)N[C@H](C)C(=O)OCc1ccccc1)C(=O)OCc1ccccc1. The number of amides is 5. The number of carbonyl (C=O) groups is 8. The summed E-state index contributed by atoms with van der Waals surface area (Å²) in [5.74, 6) is -5.08. The molecule has 4 aromatic carbocycles. The molecule has 0 heterocycles. The lowest BCUT2D eigenvalue weighted by Gasteiger charge is -2.24. The van der Waals surface area contributed by atoms with E-state index in [-0.39, 0.29) is 44.4 Å². The highest BCUT2D eigenvalue weighted by molar-refractivity contribution is 7.99. The van der Waals surface area contributed by atoms with Crippen LogP contribution >= 0.6 is 11.8 Å². The van der Waals surface area contributed by atoms with Crippen molar-refractivity contribution in [1.82, 2.24) is 26.6 Å². The minimum atomic E-state index is -1.39. The van der Waals surface area contributed by atoms with Crippen LogP contribution in [0.1, 0.15) is 69.7 Å². The Bertz CT molecular complexity index is 2320. The minimum absolute atomic E-state index is 0.0558. The van der Waals surface area contributed by atoms with E-state index >= 15 is 0 Å². The van der Waals surface area contributed by atoms with Crippen LogP contribution in [0.2, 0.25) is 0 Å². The number of benzene rings is 4. The second-order valence-electron chi connectivity index (χ2n) is 16.9.